The molecule has 1 N–H and O–H groups in total. The van der Waals surface area contributed by atoms with E-state index in [1.54, 1.807) is 0 Å². The summed E-state index contributed by atoms with van der Waals surface area (Å²) in [5.74, 6) is 0. The third-order valence-electron chi connectivity index (χ3n) is 2.75. The van der Waals surface area contributed by atoms with Gasteiger partial charge in [0, 0.05) is 37.0 Å². The zero-order valence-corrected chi connectivity index (χ0v) is 11.4. The fourth-order valence-electron chi connectivity index (χ4n) is 1.75. The van der Waals surface area contributed by atoms with Crippen molar-refractivity contribution < 1.29 is 0 Å². The van der Waals surface area contributed by atoms with Crippen LogP contribution >= 0.6 is 11.6 Å². The molecule has 0 saturated carbocycles. The van der Waals surface area contributed by atoms with Crippen molar-refractivity contribution in [3.8, 4) is 0 Å². The Labute approximate surface area is 113 Å². The first-order valence-electron chi connectivity index (χ1n) is 5.91. The molecule has 2 rings (SSSR count). The first-order chi connectivity index (χ1) is 8.65. The van der Waals surface area contributed by atoms with Crippen molar-refractivity contribution in [2.75, 3.05) is 24.3 Å². The number of halogens is 1. The molecule has 0 atom stereocenters. The van der Waals surface area contributed by atoms with Crippen LogP contribution in [0.15, 0.2) is 48.5 Å². The first-order valence-corrected chi connectivity index (χ1v) is 6.28. The Hall–Kier alpha value is -1.67. The zero-order chi connectivity index (χ0) is 13.0. The number of rotatable bonds is 4. The molecule has 0 saturated heterocycles. The predicted molar refractivity (Wildman–Crippen MR) is 79.5 cm³/mol. The number of benzene rings is 2. The topological polar surface area (TPSA) is 15.3 Å². The second-order valence-corrected chi connectivity index (χ2v) is 4.86. The van der Waals surface area contributed by atoms with Crippen molar-refractivity contribution >= 4 is 23.0 Å². The molecular weight excluding hydrogens is 244 g/mol. The highest BCUT2D eigenvalue weighted by atomic mass is 35.5. The van der Waals surface area contributed by atoms with Gasteiger partial charge in [-0.15, -0.1) is 0 Å². The van der Waals surface area contributed by atoms with Crippen LogP contribution in [0, 0.1) is 0 Å². The Bertz CT molecular complexity index is 523. The summed E-state index contributed by atoms with van der Waals surface area (Å²) in [6.45, 7) is 0.775. The second-order valence-electron chi connectivity index (χ2n) is 4.43. The van der Waals surface area contributed by atoms with E-state index >= 15 is 0 Å². The minimum atomic E-state index is 0.774. The molecular formula is C15H17ClN2. The molecule has 94 valence electrons. The van der Waals surface area contributed by atoms with Gasteiger partial charge in [0.05, 0.1) is 0 Å². The summed E-state index contributed by atoms with van der Waals surface area (Å²) in [4.78, 5) is 2.09. The van der Waals surface area contributed by atoms with Gasteiger partial charge in [0.2, 0.25) is 0 Å². The van der Waals surface area contributed by atoms with E-state index in [0.29, 0.717) is 0 Å². The molecule has 0 unspecified atom stereocenters. The van der Waals surface area contributed by atoms with Crippen molar-refractivity contribution in [1.29, 1.82) is 0 Å². The van der Waals surface area contributed by atoms with Gasteiger partial charge in [0.1, 0.15) is 0 Å². The lowest BCUT2D eigenvalue weighted by Crippen LogP contribution is -2.09. The quantitative estimate of drug-likeness (QED) is 0.893. The van der Waals surface area contributed by atoms with Gasteiger partial charge in [0.15, 0.2) is 0 Å². The average molecular weight is 261 g/mol. The fraction of sp³-hybridized carbons (Fsp3) is 0.200. The largest absolute Gasteiger partial charge is 0.381 e. The third-order valence-corrected chi connectivity index (χ3v) is 2.98. The number of nitrogens with one attached hydrogen (secondary N) is 1. The Morgan fingerprint density at radius 3 is 2.56 bits per heavy atom. The van der Waals surface area contributed by atoms with Crippen LogP contribution < -0.4 is 10.2 Å². The highest BCUT2D eigenvalue weighted by Gasteiger charge is 1.98. The minimum Gasteiger partial charge on any atom is -0.381 e. The predicted octanol–water partition coefficient (Wildman–Crippen LogP) is 4.02. The molecule has 0 amide bonds. The molecule has 0 heterocycles. The van der Waals surface area contributed by atoms with Crippen LogP contribution in [0.3, 0.4) is 0 Å². The standard InChI is InChI=1S/C15H17ClN2/c1-18(2)15-8-4-7-14(10-15)17-11-12-5-3-6-13(16)9-12/h3-10,17H,11H2,1-2H3. The van der Waals surface area contributed by atoms with E-state index in [2.05, 4.69) is 40.5 Å². The molecule has 3 heteroatoms. The van der Waals surface area contributed by atoms with E-state index < -0.39 is 0 Å². The Balaban J connectivity index is 2.04. The molecule has 0 aliphatic carbocycles. The van der Waals surface area contributed by atoms with Gasteiger partial charge in [-0.2, -0.15) is 0 Å². The molecule has 0 radical (unpaired) electrons. The fourth-order valence-corrected chi connectivity index (χ4v) is 1.96. The highest BCUT2D eigenvalue weighted by Crippen LogP contribution is 2.18. The lowest BCUT2D eigenvalue weighted by Gasteiger charge is -2.14. The lowest BCUT2D eigenvalue weighted by atomic mass is 10.2. The normalized spacial score (nSPS) is 10.2. The van der Waals surface area contributed by atoms with Crippen molar-refractivity contribution in [3.05, 3.63) is 59.1 Å². The molecule has 0 aliphatic heterocycles. The van der Waals surface area contributed by atoms with Crippen LogP contribution in [-0.4, -0.2) is 14.1 Å². The third kappa shape index (κ3) is 3.41. The molecule has 2 aromatic rings. The van der Waals surface area contributed by atoms with Gasteiger partial charge in [-0.05, 0) is 35.9 Å². The summed E-state index contributed by atoms with van der Waals surface area (Å²) in [6.07, 6.45) is 0. The molecule has 0 aromatic heterocycles. The Kier molecular flexibility index (Phi) is 4.11. The van der Waals surface area contributed by atoms with E-state index in [-0.39, 0.29) is 0 Å². The van der Waals surface area contributed by atoms with E-state index in [4.69, 9.17) is 11.6 Å². The first kappa shape index (κ1) is 12.8. The van der Waals surface area contributed by atoms with E-state index in [1.165, 1.54) is 11.3 Å². The molecule has 18 heavy (non-hydrogen) atoms. The van der Waals surface area contributed by atoms with Crippen LogP contribution in [0.5, 0.6) is 0 Å². The van der Waals surface area contributed by atoms with Gasteiger partial charge in [-0.1, -0.05) is 29.8 Å². The van der Waals surface area contributed by atoms with Gasteiger partial charge < -0.3 is 10.2 Å². The van der Waals surface area contributed by atoms with Crippen molar-refractivity contribution in [1.82, 2.24) is 0 Å². The van der Waals surface area contributed by atoms with E-state index in [1.807, 2.05) is 32.3 Å². The zero-order valence-electron chi connectivity index (χ0n) is 10.7. The lowest BCUT2D eigenvalue weighted by molar-refractivity contribution is 1.12. The van der Waals surface area contributed by atoms with Gasteiger partial charge in [-0.25, -0.2) is 0 Å². The summed E-state index contributed by atoms with van der Waals surface area (Å²) in [5, 5.41) is 4.17. The molecule has 0 aliphatic rings. The maximum Gasteiger partial charge on any atom is 0.0409 e. The van der Waals surface area contributed by atoms with Crippen molar-refractivity contribution in [3.63, 3.8) is 0 Å². The SMILES string of the molecule is CN(C)c1cccc(NCc2cccc(Cl)c2)c1. The average Bonchev–Trinajstić information content (AvgIpc) is 2.37. The van der Waals surface area contributed by atoms with E-state index in [0.717, 1.165) is 17.3 Å². The molecule has 0 fully saturated rings. The highest BCUT2D eigenvalue weighted by molar-refractivity contribution is 6.30. The maximum absolute atomic E-state index is 5.96. The van der Waals surface area contributed by atoms with Crippen LogP contribution in [-0.2, 0) is 6.54 Å². The number of nitrogens with zero attached hydrogens (tertiary/aromatic N) is 1. The molecule has 2 nitrogen and oxygen atoms in total. The van der Waals surface area contributed by atoms with Crippen molar-refractivity contribution in [2.24, 2.45) is 0 Å². The monoisotopic (exact) mass is 260 g/mol. The van der Waals surface area contributed by atoms with Crippen LogP contribution in [0.4, 0.5) is 11.4 Å². The second kappa shape index (κ2) is 5.78. The number of anilines is 2. The van der Waals surface area contributed by atoms with Crippen LogP contribution in [0.1, 0.15) is 5.56 Å². The molecule has 2 aromatic carbocycles. The molecule has 0 spiro atoms. The summed E-state index contributed by atoms with van der Waals surface area (Å²) >= 11 is 5.96. The van der Waals surface area contributed by atoms with E-state index in [9.17, 15) is 0 Å². The summed E-state index contributed by atoms with van der Waals surface area (Å²) in [5.41, 5.74) is 3.48. The summed E-state index contributed by atoms with van der Waals surface area (Å²) in [6, 6.07) is 16.2. The van der Waals surface area contributed by atoms with Gasteiger partial charge in [0.25, 0.3) is 0 Å². The number of hydrogen-bond donors (Lipinski definition) is 1. The summed E-state index contributed by atoms with van der Waals surface area (Å²) < 4.78 is 0. The minimum absolute atomic E-state index is 0.774. The Morgan fingerprint density at radius 2 is 1.83 bits per heavy atom. The van der Waals surface area contributed by atoms with Crippen LogP contribution in [0.2, 0.25) is 5.02 Å². The van der Waals surface area contributed by atoms with Crippen molar-refractivity contribution in [2.45, 2.75) is 6.54 Å². The van der Waals surface area contributed by atoms with Gasteiger partial charge >= 0.3 is 0 Å². The Morgan fingerprint density at radius 1 is 1.06 bits per heavy atom. The van der Waals surface area contributed by atoms with Crippen LogP contribution in [0.25, 0.3) is 0 Å². The van der Waals surface area contributed by atoms with Gasteiger partial charge in [-0.3, -0.25) is 0 Å². The number of hydrogen-bond acceptors (Lipinski definition) is 2. The molecule has 0 bridgehead atoms. The maximum atomic E-state index is 5.96. The summed E-state index contributed by atoms with van der Waals surface area (Å²) in [7, 11) is 4.08. The smallest absolute Gasteiger partial charge is 0.0409 e.